The van der Waals surface area contributed by atoms with Gasteiger partial charge >= 0.3 is 0 Å². The lowest BCUT2D eigenvalue weighted by Crippen LogP contribution is -2.14. The Hall–Kier alpha value is -8.06. The smallest absolute Gasteiger partial charge is 0.0159 e. The van der Waals surface area contributed by atoms with Gasteiger partial charge in [-0.2, -0.15) is 0 Å². The van der Waals surface area contributed by atoms with Gasteiger partial charge in [0.2, 0.25) is 0 Å². The van der Waals surface area contributed by atoms with E-state index in [-0.39, 0.29) is 5.41 Å². The second kappa shape index (κ2) is 14.5. The Morgan fingerprint density at radius 3 is 1.29 bits per heavy atom. The van der Waals surface area contributed by atoms with Crippen molar-refractivity contribution in [2.45, 2.75) is 19.3 Å². The van der Waals surface area contributed by atoms with Crippen LogP contribution in [0.15, 0.2) is 231 Å². The van der Waals surface area contributed by atoms with E-state index in [0.29, 0.717) is 0 Å². The zero-order chi connectivity index (χ0) is 43.2. The molecule has 0 N–H and O–H groups in total. The molecule has 304 valence electrons. The van der Waals surface area contributed by atoms with E-state index in [9.17, 15) is 0 Å². The van der Waals surface area contributed by atoms with Gasteiger partial charge in [0.1, 0.15) is 0 Å². The summed E-state index contributed by atoms with van der Waals surface area (Å²) in [6, 6.07) is 86.1. The summed E-state index contributed by atoms with van der Waals surface area (Å²) in [5.74, 6) is 0. The lowest BCUT2D eigenvalue weighted by molar-refractivity contribution is 0.660. The van der Waals surface area contributed by atoms with Crippen molar-refractivity contribution in [3.8, 4) is 66.8 Å². The van der Waals surface area contributed by atoms with Crippen LogP contribution in [0.3, 0.4) is 0 Å². The lowest BCUT2D eigenvalue weighted by Gasteiger charge is -2.23. The van der Waals surface area contributed by atoms with Gasteiger partial charge in [0, 0.05) is 5.41 Å². The van der Waals surface area contributed by atoms with Gasteiger partial charge in [-0.3, -0.25) is 0 Å². The molecule has 0 nitrogen and oxygen atoms in total. The van der Waals surface area contributed by atoms with Gasteiger partial charge in [-0.15, -0.1) is 0 Å². The molecule has 0 saturated carbocycles. The monoisotopic (exact) mass is 824 g/mol. The van der Waals surface area contributed by atoms with Crippen molar-refractivity contribution >= 4 is 53.9 Å². The molecule has 0 aromatic heterocycles. The minimum atomic E-state index is -0.121. The fraction of sp³-hybridized carbons (Fsp3) is 0.0462. The molecular formula is C65H44. The Kier molecular flexibility index (Phi) is 8.36. The highest BCUT2D eigenvalue weighted by atomic mass is 14.4. The van der Waals surface area contributed by atoms with E-state index in [1.807, 2.05) is 0 Å². The van der Waals surface area contributed by atoms with Crippen LogP contribution in [0.4, 0.5) is 0 Å². The molecule has 0 spiro atoms. The Morgan fingerprint density at radius 1 is 0.231 bits per heavy atom. The Morgan fingerprint density at radius 2 is 0.646 bits per heavy atom. The summed E-state index contributed by atoms with van der Waals surface area (Å²) >= 11 is 0. The first-order valence-corrected chi connectivity index (χ1v) is 22.8. The third kappa shape index (κ3) is 5.77. The van der Waals surface area contributed by atoms with Gasteiger partial charge in [-0.1, -0.05) is 226 Å². The summed E-state index contributed by atoms with van der Waals surface area (Å²) in [5.41, 5.74) is 17.8. The molecule has 13 rings (SSSR count). The van der Waals surface area contributed by atoms with Crippen molar-refractivity contribution in [2.75, 3.05) is 0 Å². The van der Waals surface area contributed by atoms with Crippen LogP contribution in [0.1, 0.15) is 25.0 Å². The van der Waals surface area contributed by atoms with Crippen LogP contribution in [0.2, 0.25) is 0 Å². The molecule has 0 heterocycles. The van der Waals surface area contributed by atoms with Crippen molar-refractivity contribution < 1.29 is 0 Å². The molecule has 0 heteroatoms. The number of hydrogen-bond donors (Lipinski definition) is 0. The molecule has 0 unspecified atom stereocenters. The fourth-order valence-corrected chi connectivity index (χ4v) is 11.4. The zero-order valence-corrected chi connectivity index (χ0v) is 36.4. The van der Waals surface area contributed by atoms with Gasteiger partial charge in [-0.05, 0) is 150 Å². The van der Waals surface area contributed by atoms with E-state index in [1.165, 1.54) is 132 Å². The summed E-state index contributed by atoms with van der Waals surface area (Å²) in [5, 5.41) is 12.6. The van der Waals surface area contributed by atoms with E-state index < -0.39 is 0 Å². The minimum absolute atomic E-state index is 0.121. The quantitative estimate of drug-likeness (QED) is 0.152. The average Bonchev–Trinajstić information content (AvgIpc) is 3.59. The number of rotatable bonds is 5. The normalized spacial score (nSPS) is 12.9. The van der Waals surface area contributed by atoms with Crippen LogP contribution in [0.25, 0.3) is 121 Å². The fourth-order valence-electron chi connectivity index (χ4n) is 11.4. The summed E-state index contributed by atoms with van der Waals surface area (Å²) in [6.07, 6.45) is 0. The average molecular weight is 825 g/mol. The van der Waals surface area contributed by atoms with Crippen LogP contribution < -0.4 is 0 Å². The summed E-state index contributed by atoms with van der Waals surface area (Å²) in [7, 11) is 0. The molecule has 0 amide bonds. The molecule has 12 aromatic rings. The molecule has 1 aliphatic rings. The largest absolute Gasteiger partial charge is 0.0622 e. The van der Waals surface area contributed by atoms with Gasteiger partial charge in [0.25, 0.3) is 0 Å². The second-order valence-electron chi connectivity index (χ2n) is 18.3. The van der Waals surface area contributed by atoms with E-state index in [2.05, 4.69) is 244 Å². The number of benzene rings is 12. The predicted molar refractivity (Wildman–Crippen MR) is 279 cm³/mol. The SMILES string of the molecule is CC1(C)c2ccccc2-c2ccc(-c3c4ccccc4c(-c4ccc(-c5ccc6ccccc6c5)cc4)c4ccc(-c5c6ccccc6c(-c6ccccc6)c6ccccc56)cc34)cc21. The van der Waals surface area contributed by atoms with Crippen LogP contribution in [0, 0.1) is 0 Å². The van der Waals surface area contributed by atoms with Gasteiger partial charge in [0.05, 0.1) is 0 Å². The van der Waals surface area contributed by atoms with Crippen molar-refractivity contribution in [1.82, 2.24) is 0 Å². The first kappa shape index (κ1) is 37.5. The first-order chi connectivity index (χ1) is 32.0. The van der Waals surface area contributed by atoms with Gasteiger partial charge < -0.3 is 0 Å². The van der Waals surface area contributed by atoms with Crippen LogP contribution in [-0.4, -0.2) is 0 Å². The molecule has 0 radical (unpaired) electrons. The van der Waals surface area contributed by atoms with E-state index in [0.717, 1.165) is 0 Å². The maximum absolute atomic E-state index is 2.51. The standard InChI is InChI=1S/C65H44/c1-65(2)59-27-15-14-20-49(59)50-36-34-48(40-60(50)65)64-56-26-13-10-23-53(56)62(44-31-28-42(29-32-44)46-33-30-41-16-6-7-19-45(41)38-46)57-37-35-47(39-58(57)64)63-54-24-11-8-21-51(54)61(43-17-4-3-5-18-43)52-22-9-12-25-55(52)63/h3-40H,1-2H3. The van der Waals surface area contributed by atoms with Crippen molar-refractivity contribution in [3.63, 3.8) is 0 Å². The Bertz CT molecular complexity index is 3830. The van der Waals surface area contributed by atoms with Crippen molar-refractivity contribution in [1.29, 1.82) is 0 Å². The Labute approximate surface area is 379 Å². The van der Waals surface area contributed by atoms with E-state index in [4.69, 9.17) is 0 Å². The van der Waals surface area contributed by atoms with Gasteiger partial charge in [0.15, 0.2) is 0 Å². The van der Waals surface area contributed by atoms with Crippen LogP contribution >= 0.6 is 0 Å². The van der Waals surface area contributed by atoms with E-state index >= 15 is 0 Å². The topological polar surface area (TPSA) is 0 Å². The highest BCUT2D eigenvalue weighted by Gasteiger charge is 2.35. The highest BCUT2D eigenvalue weighted by Crippen LogP contribution is 2.52. The third-order valence-electron chi connectivity index (χ3n) is 14.4. The van der Waals surface area contributed by atoms with Gasteiger partial charge in [-0.25, -0.2) is 0 Å². The number of fused-ring (bicyclic) bond motifs is 8. The first-order valence-electron chi connectivity index (χ1n) is 22.8. The maximum atomic E-state index is 2.51. The highest BCUT2D eigenvalue weighted by molar-refractivity contribution is 6.25. The molecule has 1 aliphatic carbocycles. The molecule has 0 aliphatic heterocycles. The maximum Gasteiger partial charge on any atom is 0.0159 e. The lowest BCUT2D eigenvalue weighted by atomic mass is 9.80. The second-order valence-corrected chi connectivity index (χ2v) is 18.3. The molecule has 12 aromatic carbocycles. The molecular weight excluding hydrogens is 781 g/mol. The summed E-state index contributed by atoms with van der Waals surface area (Å²) < 4.78 is 0. The van der Waals surface area contributed by atoms with Crippen molar-refractivity contribution in [3.05, 3.63) is 242 Å². The van der Waals surface area contributed by atoms with Crippen LogP contribution in [0.5, 0.6) is 0 Å². The molecule has 0 saturated heterocycles. The summed E-state index contributed by atoms with van der Waals surface area (Å²) in [4.78, 5) is 0. The Balaban J connectivity index is 1.09. The third-order valence-corrected chi connectivity index (χ3v) is 14.4. The van der Waals surface area contributed by atoms with Crippen molar-refractivity contribution in [2.24, 2.45) is 0 Å². The van der Waals surface area contributed by atoms with Crippen LogP contribution in [-0.2, 0) is 5.41 Å². The summed E-state index contributed by atoms with van der Waals surface area (Å²) in [6.45, 7) is 4.77. The molecule has 0 fully saturated rings. The minimum Gasteiger partial charge on any atom is -0.0622 e. The number of hydrogen-bond acceptors (Lipinski definition) is 0. The molecule has 0 bridgehead atoms. The molecule has 65 heavy (non-hydrogen) atoms. The van der Waals surface area contributed by atoms with E-state index in [1.54, 1.807) is 0 Å². The molecule has 0 atom stereocenters. The predicted octanol–water partition coefficient (Wildman–Crippen LogP) is 18.1. The zero-order valence-electron chi connectivity index (χ0n) is 36.4.